The van der Waals surface area contributed by atoms with Crippen molar-refractivity contribution >= 4 is 5.97 Å². The molecule has 0 heterocycles. The minimum absolute atomic E-state index is 0.570. The van der Waals surface area contributed by atoms with Crippen molar-refractivity contribution < 1.29 is 35.9 Å². The summed E-state index contributed by atoms with van der Waals surface area (Å²) in [5, 5.41) is 0.570. The van der Waals surface area contributed by atoms with Crippen LogP contribution in [0.15, 0.2) is 0 Å². The Balaban J connectivity index is 3.78. The predicted molar refractivity (Wildman–Crippen MR) is 26.2 cm³/mol. The largest absolute Gasteiger partial charge is 0.575 e. The van der Waals surface area contributed by atoms with Crippen LogP contribution >= 0.6 is 0 Å². The summed E-state index contributed by atoms with van der Waals surface area (Å²) in [7, 11) is 0. The van der Waals surface area contributed by atoms with Crippen molar-refractivity contribution in [1.29, 1.82) is 0 Å². The Kier molecular flexibility index (Phi) is 3.52. The van der Waals surface area contributed by atoms with E-state index in [0.29, 0.717) is 5.32 Å². The van der Waals surface area contributed by atoms with Gasteiger partial charge in [0.2, 0.25) is 0 Å². The van der Waals surface area contributed by atoms with Crippen LogP contribution in [0.25, 0.3) is 0 Å². The van der Waals surface area contributed by atoms with Crippen LogP contribution in [0.5, 0.6) is 0 Å². The molecule has 0 unspecified atom stereocenters. The number of hydrogen-bond acceptors (Lipinski definition) is 3. The smallest absolute Gasteiger partial charge is 0.372 e. The molecule has 78 valence electrons. The van der Waals surface area contributed by atoms with E-state index in [1.165, 1.54) is 0 Å². The first-order valence-corrected chi connectivity index (χ1v) is 2.70. The molecule has 0 bridgehead atoms. The Morgan fingerprint density at radius 2 is 1.62 bits per heavy atom. The number of rotatable bonds is 2. The average Bonchev–Trinajstić information content (AvgIpc) is 1.78. The maximum Gasteiger partial charge on any atom is 0.575 e. The fourth-order valence-electron chi connectivity index (χ4n) is 0.338. The van der Waals surface area contributed by atoms with Gasteiger partial charge in [-0.15, -0.1) is 13.2 Å². The van der Waals surface area contributed by atoms with Gasteiger partial charge in [0, 0.05) is 0 Å². The van der Waals surface area contributed by atoms with Crippen LogP contribution in [0.4, 0.5) is 26.3 Å². The molecule has 0 aliphatic rings. The first-order valence-electron chi connectivity index (χ1n) is 2.70. The van der Waals surface area contributed by atoms with E-state index in [0.717, 1.165) is 0 Å². The highest BCUT2D eigenvalue weighted by atomic mass is 19.4. The predicted octanol–water partition coefficient (Wildman–Crippen LogP) is 1.16. The van der Waals surface area contributed by atoms with Gasteiger partial charge in [-0.3, -0.25) is 4.79 Å². The third-order valence-corrected chi connectivity index (χ3v) is 0.663. The Hall–Kier alpha value is -0.990. The van der Waals surface area contributed by atoms with Crippen molar-refractivity contribution in [1.82, 2.24) is 5.32 Å². The summed E-state index contributed by atoms with van der Waals surface area (Å²) in [5.41, 5.74) is 0. The topological polar surface area (TPSA) is 38.3 Å². The Labute approximate surface area is 67.7 Å². The molecule has 0 spiro atoms. The van der Waals surface area contributed by atoms with Crippen molar-refractivity contribution in [2.24, 2.45) is 0 Å². The number of carbonyl (C=O) groups excluding carboxylic acids is 1. The van der Waals surface area contributed by atoms with Crippen LogP contribution < -0.4 is 5.32 Å². The van der Waals surface area contributed by atoms with Gasteiger partial charge in [-0.05, 0) is 0 Å². The third kappa shape index (κ3) is 8.92. The standard InChI is InChI=1S/C4H3F6NO2/c5-3(6,7)11-1-2(12)13-4(8,9)10/h11H,1H2. The summed E-state index contributed by atoms with van der Waals surface area (Å²) in [5.74, 6) is -2.05. The lowest BCUT2D eigenvalue weighted by atomic mass is 10.6. The molecule has 0 amide bonds. The molecule has 0 aliphatic carbocycles. The number of nitrogens with one attached hydrogen (secondary N) is 1. The maximum absolute atomic E-state index is 11.2. The summed E-state index contributed by atoms with van der Waals surface area (Å²) in [6.45, 7) is -1.58. The highest BCUT2D eigenvalue weighted by Crippen LogP contribution is 2.16. The molecule has 0 atom stereocenters. The minimum atomic E-state index is -5.26. The molecule has 0 rings (SSSR count). The van der Waals surface area contributed by atoms with Crippen molar-refractivity contribution in [2.45, 2.75) is 12.7 Å². The van der Waals surface area contributed by atoms with Crippen molar-refractivity contribution in [3.63, 3.8) is 0 Å². The molecule has 3 nitrogen and oxygen atoms in total. The van der Waals surface area contributed by atoms with Gasteiger partial charge < -0.3 is 4.74 Å². The number of carbonyl (C=O) groups is 1. The fourth-order valence-corrected chi connectivity index (χ4v) is 0.338. The highest BCUT2D eigenvalue weighted by Gasteiger charge is 2.35. The Bertz CT molecular complexity index is 184. The summed E-state index contributed by atoms with van der Waals surface area (Å²) in [6, 6.07) is 0. The van der Waals surface area contributed by atoms with Gasteiger partial charge in [0.1, 0.15) is 6.54 Å². The van der Waals surface area contributed by atoms with Gasteiger partial charge in [-0.25, -0.2) is 5.32 Å². The molecule has 13 heavy (non-hydrogen) atoms. The molecular weight excluding hydrogens is 208 g/mol. The fraction of sp³-hybridized carbons (Fsp3) is 0.750. The van der Waals surface area contributed by atoms with Gasteiger partial charge in [0.05, 0.1) is 0 Å². The first-order chi connectivity index (χ1) is 5.60. The number of halogens is 6. The quantitative estimate of drug-likeness (QED) is 0.423. The number of hydrogen-bond donors (Lipinski definition) is 1. The molecule has 0 aromatic heterocycles. The van der Waals surface area contributed by atoms with E-state index in [9.17, 15) is 31.1 Å². The first kappa shape index (κ1) is 12.0. The lowest BCUT2D eigenvalue weighted by Gasteiger charge is -2.09. The van der Waals surface area contributed by atoms with Crippen molar-refractivity contribution in [3.05, 3.63) is 0 Å². The minimum Gasteiger partial charge on any atom is -0.372 e. The number of ether oxygens (including phenoxy) is 1. The van der Waals surface area contributed by atoms with Crippen LogP contribution in [0, 0.1) is 0 Å². The van der Waals surface area contributed by atoms with E-state index < -0.39 is 25.2 Å². The molecule has 0 saturated heterocycles. The average molecular weight is 211 g/mol. The summed E-state index contributed by atoms with van der Waals surface area (Å²) in [4.78, 5) is 10.0. The zero-order valence-electron chi connectivity index (χ0n) is 5.79. The van der Waals surface area contributed by atoms with Crippen LogP contribution in [-0.2, 0) is 9.53 Å². The van der Waals surface area contributed by atoms with Crippen LogP contribution in [0.1, 0.15) is 0 Å². The monoisotopic (exact) mass is 211 g/mol. The molecule has 0 fully saturated rings. The Morgan fingerprint density at radius 1 is 1.15 bits per heavy atom. The van der Waals surface area contributed by atoms with E-state index >= 15 is 0 Å². The third-order valence-electron chi connectivity index (χ3n) is 0.663. The zero-order valence-corrected chi connectivity index (χ0v) is 5.79. The SMILES string of the molecule is O=C(CNC(F)(F)F)OC(F)(F)F. The molecule has 0 saturated carbocycles. The van der Waals surface area contributed by atoms with Gasteiger partial charge in [-0.2, -0.15) is 13.2 Å². The van der Waals surface area contributed by atoms with E-state index in [2.05, 4.69) is 4.74 Å². The molecule has 0 radical (unpaired) electrons. The van der Waals surface area contributed by atoms with E-state index in [1.54, 1.807) is 0 Å². The Morgan fingerprint density at radius 3 is 1.92 bits per heavy atom. The van der Waals surface area contributed by atoms with Crippen LogP contribution in [0.2, 0.25) is 0 Å². The van der Waals surface area contributed by atoms with E-state index in [4.69, 9.17) is 0 Å². The molecule has 0 aromatic carbocycles. The maximum atomic E-state index is 11.2. The molecule has 0 aromatic rings. The molecule has 1 N–H and O–H groups in total. The molecule has 0 aliphatic heterocycles. The second kappa shape index (κ2) is 3.81. The summed E-state index contributed by atoms with van der Waals surface area (Å²) >= 11 is 0. The molecule has 9 heteroatoms. The second-order valence-corrected chi connectivity index (χ2v) is 1.77. The number of esters is 1. The summed E-state index contributed by atoms with van der Waals surface area (Å²) < 4.78 is 69.9. The zero-order chi connectivity index (χ0) is 10.7. The normalized spacial score (nSPS) is 12.8. The van der Waals surface area contributed by atoms with Gasteiger partial charge >= 0.3 is 18.6 Å². The second-order valence-electron chi connectivity index (χ2n) is 1.77. The van der Waals surface area contributed by atoms with Crippen LogP contribution in [-0.4, -0.2) is 25.2 Å². The lowest BCUT2D eigenvalue weighted by molar-refractivity contribution is -0.306. The number of alkyl halides is 6. The summed E-state index contributed by atoms with van der Waals surface area (Å²) in [6.07, 6.45) is -10.2. The van der Waals surface area contributed by atoms with Gasteiger partial charge in [0.25, 0.3) is 0 Å². The van der Waals surface area contributed by atoms with Crippen LogP contribution in [0.3, 0.4) is 0 Å². The van der Waals surface area contributed by atoms with E-state index in [-0.39, 0.29) is 0 Å². The van der Waals surface area contributed by atoms with Crippen molar-refractivity contribution in [3.8, 4) is 0 Å². The van der Waals surface area contributed by atoms with Gasteiger partial charge in [-0.1, -0.05) is 0 Å². The van der Waals surface area contributed by atoms with Gasteiger partial charge in [0.15, 0.2) is 0 Å². The molecular formula is C4H3F6NO2. The van der Waals surface area contributed by atoms with Crippen molar-refractivity contribution in [2.75, 3.05) is 6.54 Å². The lowest BCUT2D eigenvalue weighted by Crippen LogP contribution is -2.38. The highest BCUT2D eigenvalue weighted by molar-refractivity contribution is 5.71. The van der Waals surface area contributed by atoms with E-state index in [1.807, 2.05) is 0 Å².